The summed E-state index contributed by atoms with van der Waals surface area (Å²) in [5, 5.41) is 13.3. The first-order valence-corrected chi connectivity index (χ1v) is 15.4. The fourth-order valence-electron chi connectivity index (χ4n) is 4.45. The second kappa shape index (κ2) is 11.0. The Bertz CT molecular complexity index is 1540. The van der Waals surface area contributed by atoms with Gasteiger partial charge in [0.1, 0.15) is 4.90 Å². The molecule has 9 nitrogen and oxygen atoms in total. The first kappa shape index (κ1) is 30.4. The average molecular weight is 617 g/mol. The molecule has 15 heteroatoms. The molecule has 216 valence electrons. The predicted octanol–water partition coefficient (Wildman–Crippen LogP) is 2.47. The van der Waals surface area contributed by atoms with Crippen molar-refractivity contribution in [3.8, 4) is 0 Å². The number of piperazine rings is 1. The number of rotatable bonds is 8. The smallest absolute Gasteiger partial charge is 0.376 e. The van der Waals surface area contributed by atoms with Crippen molar-refractivity contribution in [1.29, 1.82) is 0 Å². The van der Waals surface area contributed by atoms with Crippen LogP contribution in [0.5, 0.6) is 0 Å². The van der Waals surface area contributed by atoms with Crippen molar-refractivity contribution in [3.05, 3.63) is 83.1 Å². The highest BCUT2D eigenvalue weighted by atomic mass is 32.2. The highest BCUT2D eigenvalue weighted by Crippen LogP contribution is 2.39. The maximum atomic E-state index is 13.6. The number of hydrogen-bond acceptors (Lipinski definition) is 8. The number of aliphatic hydroxyl groups is 1. The molecule has 1 aliphatic heterocycles. The van der Waals surface area contributed by atoms with Crippen molar-refractivity contribution >= 4 is 37.1 Å². The van der Waals surface area contributed by atoms with Gasteiger partial charge < -0.3 is 10.4 Å². The van der Waals surface area contributed by atoms with Gasteiger partial charge >= 0.3 is 6.18 Å². The number of aromatic nitrogens is 1. The van der Waals surface area contributed by atoms with E-state index in [9.17, 15) is 35.1 Å². The summed E-state index contributed by atoms with van der Waals surface area (Å²) in [6, 6.07) is 7.56. The van der Waals surface area contributed by atoms with Gasteiger partial charge in [-0.25, -0.2) is 21.6 Å². The van der Waals surface area contributed by atoms with E-state index in [1.807, 2.05) is 0 Å². The third kappa shape index (κ3) is 5.91. The first-order valence-electron chi connectivity index (χ1n) is 12.1. The Kier molecular flexibility index (Phi) is 8.40. The zero-order valence-corrected chi connectivity index (χ0v) is 23.7. The van der Waals surface area contributed by atoms with Crippen molar-refractivity contribution in [2.24, 2.45) is 0 Å². The molecule has 3 N–H and O–H groups in total. The number of alkyl halides is 3. The van der Waals surface area contributed by atoms with Crippen LogP contribution in [0.1, 0.15) is 24.5 Å². The lowest BCUT2D eigenvalue weighted by Crippen LogP contribution is -2.63. The molecule has 1 aromatic carbocycles. The summed E-state index contributed by atoms with van der Waals surface area (Å²) >= 11 is 5.27. The molecule has 40 heavy (non-hydrogen) atoms. The minimum Gasteiger partial charge on any atom is -0.376 e. The van der Waals surface area contributed by atoms with E-state index in [2.05, 4.69) is 15.0 Å². The van der Waals surface area contributed by atoms with Gasteiger partial charge in [0.2, 0.25) is 20.0 Å². The van der Waals surface area contributed by atoms with E-state index in [1.165, 1.54) is 40.8 Å². The molecule has 0 amide bonds. The van der Waals surface area contributed by atoms with Gasteiger partial charge in [0.15, 0.2) is 5.60 Å². The number of sulfonamides is 2. The summed E-state index contributed by atoms with van der Waals surface area (Å²) in [5.74, 6) is 0. The van der Waals surface area contributed by atoms with Gasteiger partial charge in [0, 0.05) is 49.9 Å². The van der Waals surface area contributed by atoms with Gasteiger partial charge in [0.25, 0.3) is 0 Å². The molecule has 0 saturated carbocycles. The molecule has 1 unspecified atom stereocenters. The normalized spacial score (nSPS) is 22.5. The standard InChI is InChI=1S/C25H27F3N4O5S3/c1-23(33,25(26,27)28)18-8-10-19(11-9-18)24(16-31-39(34,35)20-5-4-12-29-15-20)17-32(14-13-30-24)40(36,37)22-7-3-2-6-21(22)38/h2-5,7-12,15,30-31,33H,6,13-14,16-17H2,1H3/t23?,24-/m0/s1. The monoisotopic (exact) mass is 616 g/mol. The van der Waals surface area contributed by atoms with Gasteiger partial charge in [-0.2, -0.15) is 17.5 Å². The van der Waals surface area contributed by atoms with Crippen LogP contribution in [0.2, 0.25) is 0 Å². The van der Waals surface area contributed by atoms with Crippen LogP contribution in [0.25, 0.3) is 0 Å². The number of benzene rings is 1. The Labute approximate surface area is 235 Å². The average Bonchev–Trinajstić information content (AvgIpc) is 2.92. The lowest BCUT2D eigenvalue weighted by Gasteiger charge is -2.44. The minimum atomic E-state index is -4.94. The molecule has 0 radical (unpaired) electrons. The first-order chi connectivity index (χ1) is 18.6. The van der Waals surface area contributed by atoms with E-state index in [-0.39, 0.29) is 47.3 Å². The third-order valence-corrected chi connectivity index (χ3v) is 10.7. The van der Waals surface area contributed by atoms with E-state index in [1.54, 1.807) is 12.2 Å². The second-order valence-corrected chi connectivity index (χ2v) is 13.8. The SMILES string of the molecule is CC(O)(c1ccc([C@]2(CNS(=O)(=O)c3cccnc3)CN(S(=O)(=O)C3=CC=CCC3=S)CCN2)cc1)C(F)(F)F. The highest BCUT2D eigenvalue weighted by molar-refractivity contribution is 7.96. The molecule has 2 aliphatic rings. The van der Waals surface area contributed by atoms with Crippen LogP contribution >= 0.6 is 12.2 Å². The van der Waals surface area contributed by atoms with Crippen LogP contribution in [0.4, 0.5) is 13.2 Å². The zero-order valence-electron chi connectivity index (χ0n) is 21.2. The van der Waals surface area contributed by atoms with Crippen LogP contribution in [-0.2, 0) is 31.2 Å². The molecule has 2 heterocycles. The lowest BCUT2D eigenvalue weighted by atomic mass is 9.85. The summed E-state index contributed by atoms with van der Waals surface area (Å²) in [4.78, 5) is 3.90. The summed E-state index contributed by atoms with van der Waals surface area (Å²) in [5.41, 5.74) is -4.65. The molecule has 0 bridgehead atoms. The van der Waals surface area contributed by atoms with Crippen LogP contribution in [0, 0.1) is 0 Å². The lowest BCUT2D eigenvalue weighted by molar-refractivity contribution is -0.258. The van der Waals surface area contributed by atoms with Crippen molar-refractivity contribution in [1.82, 2.24) is 19.3 Å². The van der Waals surface area contributed by atoms with Crippen molar-refractivity contribution in [2.75, 3.05) is 26.2 Å². The van der Waals surface area contributed by atoms with E-state index >= 15 is 0 Å². The van der Waals surface area contributed by atoms with Gasteiger partial charge in [-0.15, -0.1) is 0 Å². The van der Waals surface area contributed by atoms with Crippen LogP contribution in [0.15, 0.2) is 76.8 Å². The zero-order chi connectivity index (χ0) is 29.4. The van der Waals surface area contributed by atoms with E-state index in [4.69, 9.17) is 12.2 Å². The fraction of sp³-hybridized carbons (Fsp3) is 0.360. The van der Waals surface area contributed by atoms with E-state index in [0.717, 1.165) is 18.3 Å². The number of halogens is 3. The Balaban J connectivity index is 1.73. The highest BCUT2D eigenvalue weighted by Gasteiger charge is 2.51. The fourth-order valence-corrected chi connectivity index (χ4v) is 7.62. The number of nitrogens with zero attached hydrogens (tertiary/aromatic N) is 2. The molecule has 0 spiro atoms. The van der Waals surface area contributed by atoms with Crippen molar-refractivity contribution < 1.29 is 35.1 Å². The predicted molar refractivity (Wildman–Crippen MR) is 146 cm³/mol. The number of hydrogen-bond donors (Lipinski definition) is 3. The molecule has 1 aliphatic carbocycles. The maximum Gasteiger partial charge on any atom is 0.421 e. The molecule has 2 atom stereocenters. The van der Waals surface area contributed by atoms with Crippen LogP contribution in [-0.4, -0.2) is 68.5 Å². The summed E-state index contributed by atoms with van der Waals surface area (Å²) in [7, 11) is -8.17. The van der Waals surface area contributed by atoms with Crippen LogP contribution < -0.4 is 10.0 Å². The Hall–Kier alpha value is -2.53. The van der Waals surface area contributed by atoms with Crippen molar-refractivity contribution in [3.63, 3.8) is 0 Å². The Morgan fingerprint density at radius 2 is 1.88 bits per heavy atom. The van der Waals surface area contributed by atoms with E-state index < -0.39 is 42.9 Å². The summed E-state index contributed by atoms with van der Waals surface area (Å²) in [6.07, 6.45) is 2.62. The van der Waals surface area contributed by atoms with Crippen LogP contribution in [0.3, 0.4) is 0 Å². The largest absolute Gasteiger partial charge is 0.421 e. The molecule has 1 aromatic heterocycles. The number of nitrogens with one attached hydrogen (secondary N) is 2. The quantitative estimate of drug-likeness (QED) is 0.386. The molecular formula is C25H27F3N4O5S3. The topological polar surface area (TPSA) is 129 Å². The van der Waals surface area contributed by atoms with Crippen molar-refractivity contribution in [2.45, 2.75) is 35.6 Å². The third-order valence-electron chi connectivity index (χ3n) is 6.91. The number of pyridine rings is 1. The Morgan fingerprint density at radius 3 is 2.48 bits per heavy atom. The maximum absolute atomic E-state index is 13.6. The van der Waals surface area contributed by atoms with Gasteiger partial charge in [0.05, 0.1) is 10.4 Å². The van der Waals surface area contributed by atoms with E-state index in [0.29, 0.717) is 12.5 Å². The number of thiocarbonyl (C=S) groups is 1. The van der Waals surface area contributed by atoms with Gasteiger partial charge in [-0.1, -0.05) is 48.6 Å². The number of allylic oxidation sites excluding steroid dienone is 4. The summed E-state index contributed by atoms with van der Waals surface area (Å²) < 4.78 is 97.1. The summed E-state index contributed by atoms with van der Waals surface area (Å²) in [6.45, 7) is 0.163. The minimum absolute atomic E-state index is 0.0340. The molecule has 4 rings (SSSR count). The Morgan fingerprint density at radius 1 is 1.18 bits per heavy atom. The molecule has 1 fully saturated rings. The molecule has 1 saturated heterocycles. The van der Waals surface area contributed by atoms with Gasteiger partial charge in [-0.05, 0) is 36.3 Å². The molecular weight excluding hydrogens is 589 g/mol. The van der Waals surface area contributed by atoms with Gasteiger partial charge in [-0.3, -0.25) is 4.98 Å². The second-order valence-electron chi connectivity index (χ2n) is 9.59. The molecule has 2 aromatic rings.